The van der Waals surface area contributed by atoms with Gasteiger partial charge in [0.1, 0.15) is 0 Å². The number of carbonyl (C=O) groups is 1. The molecule has 102 valence electrons. The lowest BCUT2D eigenvalue weighted by molar-refractivity contribution is -0.138. The SMILES string of the molecule is O=C1OC[C@H]([C@@H](Cl)c2ccc3c(c2)OCO3)C1(Cl)Cl. The molecule has 0 radical (unpaired) electrons. The second-order valence-corrected chi connectivity index (χ2v) is 6.20. The molecule has 0 amide bonds. The van der Waals surface area contributed by atoms with Crippen LogP contribution in [0.2, 0.25) is 0 Å². The molecule has 3 rings (SSSR count). The Morgan fingerprint density at radius 1 is 1.21 bits per heavy atom. The third kappa shape index (κ3) is 2.12. The molecule has 0 aliphatic carbocycles. The van der Waals surface area contributed by atoms with Gasteiger partial charge in [0.25, 0.3) is 0 Å². The minimum Gasteiger partial charge on any atom is -0.463 e. The minimum absolute atomic E-state index is 0.0917. The van der Waals surface area contributed by atoms with Crippen molar-refractivity contribution in [3.8, 4) is 11.5 Å². The molecule has 0 spiro atoms. The summed E-state index contributed by atoms with van der Waals surface area (Å²) in [5.41, 5.74) is 0.750. The van der Waals surface area contributed by atoms with Crippen molar-refractivity contribution in [2.24, 2.45) is 5.92 Å². The van der Waals surface area contributed by atoms with Gasteiger partial charge in [0.15, 0.2) is 11.5 Å². The lowest BCUT2D eigenvalue weighted by Crippen LogP contribution is -2.30. The Balaban J connectivity index is 1.88. The summed E-state index contributed by atoms with van der Waals surface area (Å²) < 4.78 is 13.8. The zero-order valence-electron chi connectivity index (χ0n) is 9.57. The molecule has 1 aromatic carbocycles. The average molecular weight is 324 g/mol. The molecule has 0 N–H and O–H groups in total. The van der Waals surface area contributed by atoms with Crippen LogP contribution in [0.25, 0.3) is 0 Å². The fourth-order valence-corrected chi connectivity index (χ4v) is 3.12. The van der Waals surface area contributed by atoms with Crippen molar-refractivity contribution in [2.45, 2.75) is 9.71 Å². The van der Waals surface area contributed by atoms with Gasteiger partial charge in [-0.25, -0.2) is 4.79 Å². The molecule has 2 aliphatic rings. The van der Waals surface area contributed by atoms with Crippen molar-refractivity contribution in [3.05, 3.63) is 23.8 Å². The number of esters is 1. The van der Waals surface area contributed by atoms with Gasteiger partial charge in [0.05, 0.1) is 17.9 Å². The van der Waals surface area contributed by atoms with E-state index in [-0.39, 0.29) is 13.4 Å². The van der Waals surface area contributed by atoms with Crippen LogP contribution in [0.5, 0.6) is 11.5 Å². The Morgan fingerprint density at radius 3 is 2.63 bits per heavy atom. The molecule has 2 atom stereocenters. The van der Waals surface area contributed by atoms with Crippen molar-refractivity contribution < 1.29 is 19.0 Å². The van der Waals surface area contributed by atoms with Gasteiger partial charge in [-0.1, -0.05) is 29.3 Å². The molecule has 1 saturated heterocycles. The van der Waals surface area contributed by atoms with Crippen LogP contribution in [0.4, 0.5) is 0 Å². The highest BCUT2D eigenvalue weighted by Crippen LogP contribution is 2.48. The number of carbonyl (C=O) groups excluding carboxylic acids is 1. The Labute approximate surface area is 124 Å². The van der Waals surface area contributed by atoms with Crippen LogP contribution in [-0.2, 0) is 9.53 Å². The molecular weight excluding hydrogens is 314 g/mol. The van der Waals surface area contributed by atoms with Gasteiger partial charge in [-0.2, -0.15) is 0 Å². The van der Waals surface area contributed by atoms with E-state index in [0.717, 1.165) is 5.56 Å². The van der Waals surface area contributed by atoms with E-state index in [9.17, 15) is 4.79 Å². The summed E-state index contributed by atoms with van der Waals surface area (Å²) >= 11 is 18.4. The Bertz CT molecular complexity index is 532. The fourth-order valence-electron chi connectivity index (χ4n) is 2.10. The summed E-state index contributed by atoms with van der Waals surface area (Å²) in [5.74, 6) is 0.0927. The smallest absolute Gasteiger partial charge is 0.343 e. The number of benzene rings is 1. The topological polar surface area (TPSA) is 44.8 Å². The Hall–Kier alpha value is -0.840. The molecule has 1 aromatic rings. The summed E-state index contributed by atoms with van der Waals surface area (Å²) in [4.78, 5) is 11.4. The summed E-state index contributed by atoms with van der Waals surface area (Å²) in [5, 5.41) is -0.559. The number of rotatable bonds is 2. The quantitative estimate of drug-likeness (QED) is 0.620. The molecule has 0 aromatic heterocycles. The first-order chi connectivity index (χ1) is 9.00. The van der Waals surface area contributed by atoms with Crippen molar-refractivity contribution in [1.82, 2.24) is 0 Å². The Kier molecular flexibility index (Phi) is 3.20. The predicted molar refractivity (Wildman–Crippen MR) is 70.0 cm³/mol. The monoisotopic (exact) mass is 322 g/mol. The molecule has 2 aliphatic heterocycles. The first-order valence-corrected chi connectivity index (χ1v) is 6.78. The number of alkyl halides is 3. The third-order valence-corrected chi connectivity index (χ3v) is 4.63. The van der Waals surface area contributed by atoms with Crippen molar-refractivity contribution in [1.29, 1.82) is 0 Å². The molecule has 1 fully saturated rings. The maximum Gasteiger partial charge on any atom is 0.343 e. The molecule has 0 saturated carbocycles. The van der Waals surface area contributed by atoms with Crippen molar-refractivity contribution in [2.75, 3.05) is 13.4 Å². The number of ether oxygens (including phenoxy) is 3. The second-order valence-electron chi connectivity index (χ2n) is 4.34. The predicted octanol–water partition coefficient (Wildman–Crippen LogP) is 3.04. The Morgan fingerprint density at radius 2 is 1.95 bits per heavy atom. The maximum absolute atomic E-state index is 11.4. The van der Waals surface area contributed by atoms with Crippen LogP contribution in [0.3, 0.4) is 0 Å². The van der Waals surface area contributed by atoms with E-state index in [1.807, 2.05) is 0 Å². The van der Waals surface area contributed by atoms with Gasteiger partial charge in [0, 0.05) is 0 Å². The highest BCUT2D eigenvalue weighted by molar-refractivity contribution is 6.58. The first-order valence-electron chi connectivity index (χ1n) is 5.59. The van der Waals surface area contributed by atoms with Crippen molar-refractivity contribution >= 4 is 40.8 Å². The summed E-state index contributed by atoms with van der Waals surface area (Å²) in [6, 6.07) is 5.30. The lowest BCUT2D eigenvalue weighted by atomic mass is 9.97. The summed E-state index contributed by atoms with van der Waals surface area (Å²) in [6.45, 7) is 0.278. The number of hydrogen-bond acceptors (Lipinski definition) is 4. The van der Waals surface area contributed by atoms with Crippen LogP contribution in [0, 0.1) is 5.92 Å². The van der Waals surface area contributed by atoms with Crippen LogP contribution in [-0.4, -0.2) is 23.7 Å². The number of hydrogen-bond donors (Lipinski definition) is 0. The maximum atomic E-state index is 11.4. The van der Waals surface area contributed by atoms with E-state index in [1.165, 1.54) is 0 Å². The first kappa shape index (κ1) is 13.2. The van der Waals surface area contributed by atoms with E-state index in [4.69, 9.17) is 49.0 Å². The third-order valence-electron chi connectivity index (χ3n) is 3.20. The molecule has 2 heterocycles. The van der Waals surface area contributed by atoms with Gasteiger partial charge in [-0.15, -0.1) is 11.6 Å². The van der Waals surface area contributed by atoms with Gasteiger partial charge < -0.3 is 14.2 Å². The van der Waals surface area contributed by atoms with Crippen LogP contribution in [0.1, 0.15) is 10.9 Å². The van der Waals surface area contributed by atoms with Crippen molar-refractivity contribution in [3.63, 3.8) is 0 Å². The highest BCUT2D eigenvalue weighted by Gasteiger charge is 2.53. The standard InChI is InChI=1S/C12H9Cl3O4/c13-10(7-4-17-11(16)12(7,14)15)6-1-2-8-9(3-6)19-5-18-8/h1-3,7,10H,4-5H2/t7-,10+/m1/s1. The van der Waals surface area contributed by atoms with E-state index in [1.54, 1.807) is 18.2 Å². The van der Waals surface area contributed by atoms with Gasteiger partial charge >= 0.3 is 5.97 Å². The van der Waals surface area contributed by atoms with Gasteiger partial charge in [-0.3, -0.25) is 0 Å². The fraction of sp³-hybridized carbons (Fsp3) is 0.417. The van der Waals surface area contributed by atoms with Crippen LogP contribution < -0.4 is 9.47 Å². The minimum atomic E-state index is -1.62. The molecular formula is C12H9Cl3O4. The summed E-state index contributed by atoms with van der Waals surface area (Å²) in [6.07, 6.45) is 0. The van der Waals surface area contributed by atoms with E-state index in [0.29, 0.717) is 11.5 Å². The summed E-state index contributed by atoms with van der Waals surface area (Å²) in [7, 11) is 0. The molecule has 19 heavy (non-hydrogen) atoms. The average Bonchev–Trinajstić information content (AvgIpc) is 2.94. The zero-order chi connectivity index (χ0) is 13.6. The number of halogens is 3. The van der Waals surface area contributed by atoms with E-state index >= 15 is 0 Å². The van der Waals surface area contributed by atoms with Crippen LogP contribution >= 0.6 is 34.8 Å². The van der Waals surface area contributed by atoms with Crippen LogP contribution in [0.15, 0.2) is 18.2 Å². The highest BCUT2D eigenvalue weighted by atomic mass is 35.5. The molecule has 7 heteroatoms. The van der Waals surface area contributed by atoms with E-state index < -0.39 is 21.6 Å². The molecule has 0 bridgehead atoms. The van der Waals surface area contributed by atoms with E-state index in [2.05, 4.69) is 0 Å². The largest absolute Gasteiger partial charge is 0.463 e. The number of cyclic esters (lactones) is 1. The normalized spacial score (nSPS) is 25.2. The number of fused-ring (bicyclic) bond motifs is 1. The molecule has 0 unspecified atom stereocenters. The second kappa shape index (κ2) is 4.62. The zero-order valence-corrected chi connectivity index (χ0v) is 11.8. The lowest BCUT2D eigenvalue weighted by Gasteiger charge is -2.22. The van der Waals surface area contributed by atoms with Gasteiger partial charge in [-0.05, 0) is 17.7 Å². The van der Waals surface area contributed by atoms with Gasteiger partial charge in [0.2, 0.25) is 11.1 Å². The molecule has 4 nitrogen and oxygen atoms in total.